The minimum atomic E-state index is -0.0597. The highest BCUT2D eigenvalue weighted by atomic mass is 32.1. The van der Waals surface area contributed by atoms with Gasteiger partial charge in [-0.05, 0) is 65.4 Å². The number of hydrogen-bond donors (Lipinski definition) is 1. The van der Waals surface area contributed by atoms with Crippen LogP contribution < -0.4 is 5.32 Å². The van der Waals surface area contributed by atoms with Crippen molar-refractivity contribution in [3.05, 3.63) is 68.4 Å². The van der Waals surface area contributed by atoms with Gasteiger partial charge in [0.15, 0.2) is 5.69 Å². The maximum Gasteiger partial charge on any atom is 0.274 e. The molecule has 2 amide bonds. The molecule has 3 aromatic rings. The zero-order valence-electron chi connectivity index (χ0n) is 17.4. The molecule has 8 heteroatoms. The lowest BCUT2D eigenvalue weighted by Gasteiger charge is -2.30. The van der Waals surface area contributed by atoms with Crippen LogP contribution in [0.15, 0.2) is 29.1 Å². The van der Waals surface area contributed by atoms with Crippen molar-refractivity contribution in [2.45, 2.75) is 39.8 Å². The molecule has 0 aromatic carbocycles. The summed E-state index contributed by atoms with van der Waals surface area (Å²) in [4.78, 5) is 31.5. The van der Waals surface area contributed by atoms with Gasteiger partial charge in [0, 0.05) is 44.3 Å². The average molecular weight is 424 g/mol. The molecule has 0 saturated heterocycles. The van der Waals surface area contributed by atoms with Crippen LogP contribution in [-0.2, 0) is 37.8 Å². The van der Waals surface area contributed by atoms with E-state index in [1.165, 1.54) is 5.56 Å². The summed E-state index contributed by atoms with van der Waals surface area (Å²) >= 11 is 1.59. The van der Waals surface area contributed by atoms with Gasteiger partial charge >= 0.3 is 0 Å². The Bertz CT molecular complexity index is 1070. The molecular formula is C22H25N5O2S. The highest BCUT2D eigenvalue weighted by molar-refractivity contribution is 7.08. The monoisotopic (exact) mass is 423 g/mol. The maximum atomic E-state index is 12.9. The maximum absolute atomic E-state index is 12.9. The Morgan fingerprint density at radius 2 is 2.13 bits per heavy atom. The average Bonchev–Trinajstić information content (AvgIpc) is 3.36. The van der Waals surface area contributed by atoms with E-state index in [1.54, 1.807) is 16.0 Å². The third-order valence-electron chi connectivity index (χ3n) is 5.62. The number of nitrogens with one attached hydrogen (secondary N) is 1. The molecule has 1 N–H and O–H groups in total. The van der Waals surface area contributed by atoms with E-state index in [-0.39, 0.29) is 11.8 Å². The molecular weight excluding hydrogens is 398 g/mol. The number of hydrogen-bond acceptors (Lipinski definition) is 5. The van der Waals surface area contributed by atoms with Crippen LogP contribution in [0.4, 0.5) is 0 Å². The number of nitrogens with zero attached hydrogens (tertiary/aromatic N) is 4. The summed E-state index contributed by atoms with van der Waals surface area (Å²) in [5, 5.41) is 11.3. The van der Waals surface area contributed by atoms with Gasteiger partial charge in [0.1, 0.15) is 0 Å². The van der Waals surface area contributed by atoms with E-state index in [9.17, 15) is 9.59 Å². The van der Waals surface area contributed by atoms with Gasteiger partial charge in [0.2, 0.25) is 5.91 Å². The van der Waals surface area contributed by atoms with Gasteiger partial charge in [-0.2, -0.15) is 16.4 Å². The summed E-state index contributed by atoms with van der Waals surface area (Å²) in [6.45, 7) is 5.49. The van der Waals surface area contributed by atoms with Gasteiger partial charge in [-0.1, -0.05) is 0 Å². The number of fused-ring (bicyclic) bond motifs is 1. The van der Waals surface area contributed by atoms with Crippen LogP contribution in [-0.4, -0.2) is 38.0 Å². The van der Waals surface area contributed by atoms with Gasteiger partial charge in [-0.3, -0.25) is 19.3 Å². The van der Waals surface area contributed by atoms with Gasteiger partial charge in [-0.25, -0.2) is 0 Å². The third kappa shape index (κ3) is 4.14. The Balaban J connectivity index is 1.46. The number of rotatable bonds is 5. The van der Waals surface area contributed by atoms with Crippen molar-refractivity contribution in [3.8, 4) is 0 Å². The largest absolute Gasteiger partial charge is 0.352 e. The van der Waals surface area contributed by atoms with E-state index >= 15 is 0 Å². The summed E-state index contributed by atoms with van der Waals surface area (Å²) in [5.74, 6) is -0.0564. The summed E-state index contributed by atoms with van der Waals surface area (Å²) < 4.78 is 1.72. The summed E-state index contributed by atoms with van der Waals surface area (Å²) in [5.41, 5.74) is 6.67. The predicted octanol–water partition coefficient (Wildman–Crippen LogP) is 2.55. The van der Waals surface area contributed by atoms with Crippen LogP contribution in [0.25, 0.3) is 0 Å². The molecule has 0 radical (unpaired) electrons. The van der Waals surface area contributed by atoms with Crippen LogP contribution in [0, 0.1) is 13.8 Å². The second kappa shape index (κ2) is 8.39. The first kappa shape index (κ1) is 20.3. The van der Waals surface area contributed by atoms with E-state index in [1.807, 2.05) is 54.9 Å². The summed E-state index contributed by atoms with van der Waals surface area (Å²) in [7, 11) is 1.84. The van der Waals surface area contributed by atoms with Crippen LogP contribution in [0.5, 0.6) is 0 Å². The Labute approximate surface area is 179 Å². The van der Waals surface area contributed by atoms with E-state index in [2.05, 4.69) is 15.4 Å². The molecule has 0 bridgehead atoms. The van der Waals surface area contributed by atoms with Crippen molar-refractivity contribution in [3.63, 3.8) is 0 Å². The van der Waals surface area contributed by atoms with Gasteiger partial charge < -0.3 is 10.2 Å². The fraction of sp³-hybridized carbons (Fsp3) is 0.364. The second-order valence-electron chi connectivity index (χ2n) is 7.68. The second-order valence-corrected chi connectivity index (χ2v) is 8.46. The summed E-state index contributed by atoms with van der Waals surface area (Å²) in [6.07, 6.45) is 2.98. The SMILES string of the molecule is Cc1ncc2c(c1CNC(=O)Cc1ccsc1)CCN(C(=O)c1cc(C)n(C)n1)C2. The highest BCUT2D eigenvalue weighted by Crippen LogP contribution is 2.25. The zero-order chi connectivity index (χ0) is 21.3. The van der Waals surface area contributed by atoms with Gasteiger partial charge in [0.05, 0.1) is 6.42 Å². The molecule has 1 aliphatic rings. The number of aromatic nitrogens is 3. The Kier molecular flexibility index (Phi) is 5.67. The predicted molar refractivity (Wildman–Crippen MR) is 115 cm³/mol. The minimum Gasteiger partial charge on any atom is -0.352 e. The molecule has 3 aromatic heterocycles. The zero-order valence-corrected chi connectivity index (χ0v) is 18.3. The Morgan fingerprint density at radius 1 is 1.30 bits per heavy atom. The number of amides is 2. The van der Waals surface area contributed by atoms with Crippen LogP contribution in [0.3, 0.4) is 0 Å². The van der Waals surface area contributed by atoms with E-state index < -0.39 is 0 Å². The standard InChI is InChI=1S/C22H25N5O2S/c1-14-8-20(25-26(14)3)22(29)27-6-4-18-17(12-27)10-23-15(2)19(18)11-24-21(28)9-16-5-7-30-13-16/h5,7-8,10,13H,4,6,9,11-12H2,1-3H3,(H,24,28). The quantitative estimate of drug-likeness (QED) is 0.684. The molecule has 156 valence electrons. The van der Waals surface area contributed by atoms with Crippen molar-refractivity contribution >= 4 is 23.2 Å². The normalized spacial score (nSPS) is 13.2. The highest BCUT2D eigenvalue weighted by Gasteiger charge is 2.26. The Hall–Kier alpha value is -3.00. The van der Waals surface area contributed by atoms with Gasteiger partial charge in [0.25, 0.3) is 5.91 Å². The van der Waals surface area contributed by atoms with Gasteiger partial charge in [-0.15, -0.1) is 0 Å². The molecule has 4 rings (SSSR count). The lowest BCUT2D eigenvalue weighted by Crippen LogP contribution is -2.37. The molecule has 30 heavy (non-hydrogen) atoms. The molecule has 4 heterocycles. The number of carbonyl (C=O) groups excluding carboxylic acids is 2. The Morgan fingerprint density at radius 3 is 2.83 bits per heavy atom. The van der Waals surface area contributed by atoms with Crippen molar-refractivity contribution in [1.82, 2.24) is 25.0 Å². The van der Waals surface area contributed by atoms with Crippen molar-refractivity contribution in [2.75, 3.05) is 6.54 Å². The number of aryl methyl sites for hydroxylation is 3. The molecule has 0 atom stereocenters. The molecule has 0 aliphatic carbocycles. The molecule has 0 spiro atoms. The van der Waals surface area contributed by atoms with Crippen LogP contribution in [0.2, 0.25) is 0 Å². The molecule has 7 nitrogen and oxygen atoms in total. The minimum absolute atomic E-state index is 0.00328. The lowest BCUT2D eigenvalue weighted by molar-refractivity contribution is -0.120. The van der Waals surface area contributed by atoms with E-state index in [4.69, 9.17) is 0 Å². The summed E-state index contributed by atoms with van der Waals surface area (Å²) in [6, 6.07) is 3.79. The first-order chi connectivity index (χ1) is 14.4. The number of pyridine rings is 1. The van der Waals surface area contributed by atoms with Crippen molar-refractivity contribution in [2.24, 2.45) is 7.05 Å². The van der Waals surface area contributed by atoms with E-state index in [0.717, 1.165) is 34.5 Å². The molecule has 0 saturated carbocycles. The topological polar surface area (TPSA) is 80.1 Å². The van der Waals surface area contributed by atoms with Crippen molar-refractivity contribution in [1.29, 1.82) is 0 Å². The fourth-order valence-electron chi connectivity index (χ4n) is 3.79. The molecule has 0 fully saturated rings. The smallest absolute Gasteiger partial charge is 0.274 e. The molecule has 0 unspecified atom stereocenters. The first-order valence-electron chi connectivity index (χ1n) is 9.96. The lowest BCUT2D eigenvalue weighted by atomic mass is 9.94. The number of carbonyl (C=O) groups is 2. The first-order valence-corrected chi connectivity index (χ1v) is 10.9. The fourth-order valence-corrected chi connectivity index (χ4v) is 4.45. The van der Waals surface area contributed by atoms with E-state index in [0.29, 0.717) is 31.7 Å². The van der Waals surface area contributed by atoms with Crippen molar-refractivity contribution < 1.29 is 9.59 Å². The van der Waals surface area contributed by atoms with Crippen LogP contribution in [0.1, 0.15) is 44.1 Å². The third-order valence-corrected chi connectivity index (χ3v) is 6.35. The van der Waals surface area contributed by atoms with Crippen LogP contribution >= 0.6 is 11.3 Å². The molecule has 1 aliphatic heterocycles. The number of thiophene rings is 1.